The Hall–Kier alpha value is -2.10. The molecule has 4 heteroatoms. The molecule has 0 atom stereocenters. The van der Waals surface area contributed by atoms with E-state index in [0.29, 0.717) is 12.5 Å². The smallest absolute Gasteiger partial charge is 0.234 e. The molecule has 0 aliphatic heterocycles. The van der Waals surface area contributed by atoms with Crippen molar-refractivity contribution in [3.8, 4) is 5.88 Å². The zero-order chi connectivity index (χ0) is 13.3. The van der Waals surface area contributed by atoms with E-state index in [0.717, 1.165) is 25.2 Å². The van der Waals surface area contributed by atoms with Gasteiger partial charge in [-0.3, -0.25) is 4.98 Å². The lowest BCUT2D eigenvalue weighted by atomic mass is 10.1. The van der Waals surface area contributed by atoms with E-state index >= 15 is 0 Å². The zero-order valence-electron chi connectivity index (χ0n) is 11.2. The highest BCUT2D eigenvalue weighted by atomic mass is 16.5. The second-order valence-electron chi connectivity index (χ2n) is 4.21. The molecule has 0 aliphatic carbocycles. The largest absolute Gasteiger partial charge is 0.477 e. The lowest BCUT2D eigenvalue weighted by Crippen LogP contribution is -2.04. The lowest BCUT2D eigenvalue weighted by Gasteiger charge is -2.07. The van der Waals surface area contributed by atoms with Gasteiger partial charge < -0.3 is 10.1 Å². The van der Waals surface area contributed by atoms with Crippen molar-refractivity contribution >= 4 is 5.82 Å². The summed E-state index contributed by atoms with van der Waals surface area (Å²) in [5.41, 5.74) is 1.33. The lowest BCUT2D eigenvalue weighted by molar-refractivity contribution is 0.298. The van der Waals surface area contributed by atoms with Crippen molar-refractivity contribution in [2.45, 2.75) is 19.8 Å². The minimum atomic E-state index is 0.575. The summed E-state index contributed by atoms with van der Waals surface area (Å²) in [5, 5.41) is 3.11. The third kappa shape index (κ3) is 4.58. The monoisotopic (exact) mass is 257 g/mol. The van der Waals surface area contributed by atoms with Crippen molar-refractivity contribution < 1.29 is 4.74 Å². The van der Waals surface area contributed by atoms with Crippen LogP contribution in [0.4, 0.5) is 5.82 Å². The van der Waals surface area contributed by atoms with E-state index in [9.17, 15) is 0 Å². The van der Waals surface area contributed by atoms with Crippen molar-refractivity contribution in [3.63, 3.8) is 0 Å². The predicted octanol–water partition coefficient (Wildman–Crippen LogP) is 2.92. The van der Waals surface area contributed by atoms with E-state index in [4.69, 9.17) is 4.74 Å². The molecule has 0 unspecified atom stereocenters. The third-order valence-corrected chi connectivity index (χ3v) is 2.67. The van der Waals surface area contributed by atoms with Crippen LogP contribution in [-0.4, -0.2) is 23.1 Å². The molecule has 0 radical (unpaired) electrons. The van der Waals surface area contributed by atoms with Crippen molar-refractivity contribution in [3.05, 3.63) is 48.3 Å². The molecule has 0 amide bonds. The Kier molecular flexibility index (Phi) is 5.17. The molecule has 0 fully saturated rings. The highest BCUT2D eigenvalue weighted by molar-refractivity contribution is 5.32. The zero-order valence-corrected chi connectivity index (χ0v) is 11.2. The fourth-order valence-electron chi connectivity index (χ4n) is 1.78. The highest BCUT2D eigenvalue weighted by Gasteiger charge is 1.99. The fraction of sp³-hybridized carbons (Fsp3) is 0.333. The Morgan fingerprint density at radius 2 is 2.00 bits per heavy atom. The van der Waals surface area contributed by atoms with Gasteiger partial charge in [0.05, 0.1) is 19.0 Å². The number of rotatable bonds is 7. The van der Waals surface area contributed by atoms with E-state index in [2.05, 4.69) is 39.6 Å². The van der Waals surface area contributed by atoms with Gasteiger partial charge in [0, 0.05) is 6.54 Å². The van der Waals surface area contributed by atoms with Crippen LogP contribution in [0.15, 0.2) is 42.7 Å². The molecule has 1 aromatic heterocycles. The molecule has 100 valence electrons. The van der Waals surface area contributed by atoms with Gasteiger partial charge >= 0.3 is 0 Å². The maximum atomic E-state index is 5.60. The highest BCUT2D eigenvalue weighted by Crippen LogP contribution is 2.09. The molecule has 1 N–H and O–H groups in total. The normalized spacial score (nSPS) is 10.2. The molecule has 2 aromatic rings. The van der Waals surface area contributed by atoms with Crippen molar-refractivity contribution in [2.24, 2.45) is 0 Å². The molecule has 2 rings (SSSR count). The number of hydrogen-bond acceptors (Lipinski definition) is 4. The average molecular weight is 257 g/mol. The van der Waals surface area contributed by atoms with E-state index in [-0.39, 0.29) is 0 Å². The number of aryl methyl sites for hydroxylation is 1. The molecule has 0 bridgehead atoms. The Labute approximate surface area is 113 Å². The number of aromatic nitrogens is 2. The maximum absolute atomic E-state index is 5.60. The topological polar surface area (TPSA) is 47.0 Å². The van der Waals surface area contributed by atoms with Gasteiger partial charge in [-0.15, -0.1) is 0 Å². The summed E-state index contributed by atoms with van der Waals surface area (Å²) in [5.74, 6) is 1.33. The predicted molar refractivity (Wildman–Crippen MR) is 76.5 cm³/mol. The summed E-state index contributed by atoms with van der Waals surface area (Å²) in [6.07, 6.45) is 5.32. The first kappa shape index (κ1) is 13.3. The number of anilines is 1. The average Bonchev–Trinajstić information content (AvgIpc) is 2.46. The van der Waals surface area contributed by atoms with Gasteiger partial charge in [-0.05, 0) is 25.3 Å². The van der Waals surface area contributed by atoms with Crippen LogP contribution in [0.2, 0.25) is 0 Å². The second kappa shape index (κ2) is 7.36. The molecule has 0 saturated carbocycles. The maximum Gasteiger partial charge on any atom is 0.234 e. The molecule has 0 aliphatic rings. The van der Waals surface area contributed by atoms with E-state index in [1.807, 2.05) is 13.0 Å². The Morgan fingerprint density at radius 1 is 1.16 bits per heavy atom. The second-order valence-corrected chi connectivity index (χ2v) is 4.21. The minimum Gasteiger partial charge on any atom is -0.477 e. The van der Waals surface area contributed by atoms with Crippen LogP contribution in [0.5, 0.6) is 5.88 Å². The van der Waals surface area contributed by atoms with Crippen LogP contribution < -0.4 is 10.1 Å². The van der Waals surface area contributed by atoms with Gasteiger partial charge in [-0.2, -0.15) is 4.98 Å². The van der Waals surface area contributed by atoms with Crippen molar-refractivity contribution in [1.29, 1.82) is 0 Å². The molecule has 4 nitrogen and oxygen atoms in total. The van der Waals surface area contributed by atoms with Crippen LogP contribution in [0, 0.1) is 0 Å². The molecule has 19 heavy (non-hydrogen) atoms. The van der Waals surface area contributed by atoms with Gasteiger partial charge in [0.2, 0.25) is 5.88 Å². The van der Waals surface area contributed by atoms with Crippen molar-refractivity contribution in [2.75, 3.05) is 18.5 Å². The van der Waals surface area contributed by atoms with Crippen LogP contribution in [0.3, 0.4) is 0 Å². The first-order valence-corrected chi connectivity index (χ1v) is 6.61. The van der Waals surface area contributed by atoms with Gasteiger partial charge in [-0.1, -0.05) is 30.3 Å². The molecular formula is C15H19N3O. The fourth-order valence-corrected chi connectivity index (χ4v) is 1.78. The quantitative estimate of drug-likeness (QED) is 0.775. The Bertz CT molecular complexity index is 488. The first-order valence-electron chi connectivity index (χ1n) is 6.61. The molecule has 1 heterocycles. The van der Waals surface area contributed by atoms with Crippen molar-refractivity contribution in [1.82, 2.24) is 9.97 Å². The first-order chi connectivity index (χ1) is 9.38. The molecule has 1 aromatic carbocycles. The Morgan fingerprint density at radius 3 is 2.79 bits per heavy atom. The summed E-state index contributed by atoms with van der Waals surface area (Å²) in [6.45, 7) is 3.50. The molecular weight excluding hydrogens is 238 g/mol. The van der Waals surface area contributed by atoms with Gasteiger partial charge in [-0.25, -0.2) is 0 Å². The summed E-state index contributed by atoms with van der Waals surface area (Å²) in [4.78, 5) is 8.40. The van der Waals surface area contributed by atoms with Crippen LogP contribution in [-0.2, 0) is 6.42 Å². The third-order valence-electron chi connectivity index (χ3n) is 2.67. The SMILES string of the molecule is CCNc1cncc(OCCCc2ccccc2)n1. The van der Waals surface area contributed by atoms with Gasteiger partial charge in [0.25, 0.3) is 0 Å². The number of nitrogens with one attached hydrogen (secondary N) is 1. The van der Waals surface area contributed by atoms with Gasteiger partial charge in [0.15, 0.2) is 0 Å². The van der Waals surface area contributed by atoms with E-state index in [1.165, 1.54) is 5.56 Å². The van der Waals surface area contributed by atoms with E-state index in [1.54, 1.807) is 12.4 Å². The number of ether oxygens (including phenoxy) is 1. The molecule has 0 saturated heterocycles. The number of hydrogen-bond donors (Lipinski definition) is 1. The van der Waals surface area contributed by atoms with Gasteiger partial charge in [0.1, 0.15) is 5.82 Å². The summed E-state index contributed by atoms with van der Waals surface area (Å²) >= 11 is 0. The van der Waals surface area contributed by atoms with Crippen LogP contribution in [0.25, 0.3) is 0 Å². The van der Waals surface area contributed by atoms with E-state index < -0.39 is 0 Å². The van der Waals surface area contributed by atoms with Crippen LogP contribution >= 0.6 is 0 Å². The number of nitrogens with zero attached hydrogens (tertiary/aromatic N) is 2. The van der Waals surface area contributed by atoms with Crippen LogP contribution in [0.1, 0.15) is 18.9 Å². The Balaban J connectivity index is 1.75. The standard InChI is InChI=1S/C15H19N3O/c1-2-17-14-11-16-12-15(18-14)19-10-6-9-13-7-4-3-5-8-13/h3-5,7-8,11-12H,2,6,9-10H2,1H3,(H,17,18). The summed E-state index contributed by atoms with van der Waals surface area (Å²) in [7, 11) is 0. The minimum absolute atomic E-state index is 0.575. The summed E-state index contributed by atoms with van der Waals surface area (Å²) < 4.78 is 5.60. The summed E-state index contributed by atoms with van der Waals surface area (Å²) in [6, 6.07) is 10.4. The molecule has 0 spiro atoms. The number of benzene rings is 1.